The summed E-state index contributed by atoms with van der Waals surface area (Å²) in [5.74, 6) is 0. The van der Waals surface area contributed by atoms with E-state index >= 15 is 0 Å². The molecule has 0 radical (unpaired) electrons. The zero-order chi connectivity index (χ0) is 20.2. The highest BCUT2D eigenvalue weighted by molar-refractivity contribution is 8.76. The van der Waals surface area contributed by atoms with Gasteiger partial charge in [-0.25, -0.2) is 13.7 Å². The Hall–Kier alpha value is 1.03. The number of rotatable bonds is 11. The number of hydrogen-bond donors (Lipinski definition) is 4. The average Bonchev–Trinajstić information content (AvgIpc) is 2.72. The van der Waals surface area contributed by atoms with E-state index in [1.54, 1.807) is 6.92 Å². The fourth-order valence-electron chi connectivity index (χ4n) is 2.09. The monoisotopic (exact) mass is 478 g/mol. The van der Waals surface area contributed by atoms with Gasteiger partial charge in [0.2, 0.25) is 0 Å². The Morgan fingerprint density at radius 3 is 2.31 bits per heavy atom. The van der Waals surface area contributed by atoms with Crippen LogP contribution in [0.15, 0.2) is 0 Å². The van der Waals surface area contributed by atoms with Crippen LogP contribution in [0.25, 0.3) is 0 Å². The Balaban J connectivity index is 2.62. The molecule has 0 amide bonds. The fraction of sp³-hybridized carbons (Fsp3) is 1.00. The second kappa shape index (κ2) is 10.2. The highest BCUT2D eigenvalue weighted by Gasteiger charge is 2.42. The van der Waals surface area contributed by atoms with Gasteiger partial charge in [0.25, 0.3) is 0 Å². The van der Waals surface area contributed by atoms with Crippen LogP contribution in [0.1, 0.15) is 20.3 Å². The number of ether oxygens (including phenoxy) is 2. The molecule has 0 spiro atoms. The number of phosphoric acid groups is 3. The van der Waals surface area contributed by atoms with Crippen LogP contribution in [-0.4, -0.2) is 56.2 Å². The first kappa shape index (κ1) is 25.1. The summed E-state index contributed by atoms with van der Waals surface area (Å²) >= 11 is 0. The maximum absolute atomic E-state index is 11.7. The van der Waals surface area contributed by atoms with Gasteiger partial charge >= 0.3 is 23.5 Å². The lowest BCUT2D eigenvalue weighted by atomic mass is 10.1. The summed E-state index contributed by atoms with van der Waals surface area (Å²) in [5, 5.41) is 0. The topological polar surface area (TPSA) is 178 Å². The minimum Gasteiger partial charge on any atom is -0.370 e. The fourth-order valence-corrected chi connectivity index (χ4v) is 6.52. The second-order valence-electron chi connectivity index (χ2n) is 5.11. The predicted molar refractivity (Wildman–Crippen MR) is 94.2 cm³/mol. The van der Waals surface area contributed by atoms with Crippen molar-refractivity contribution in [2.75, 3.05) is 12.9 Å². The third-order valence-electron chi connectivity index (χ3n) is 2.80. The minimum atomic E-state index is -5.54. The van der Waals surface area contributed by atoms with Crippen LogP contribution in [0.5, 0.6) is 0 Å². The summed E-state index contributed by atoms with van der Waals surface area (Å²) in [6, 6.07) is 0. The van der Waals surface area contributed by atoms with Crippen molar-refractivity contribution in [2.45, 2.75) is 44.0 Å². The number of phosphoric ester groups is 1. The predicted octanol–water partition coefficient (Wildman–Crippen LogP) is 2.25. The van der Waals surface area contributed by atoms with Crippen molar-refractivity contribution in [3.8, 4) is 0 Å². The van der Waals surface area contributed by atoms with E-state index in [2.05, 4.69) is 13.1 Å². The van der Waals surface area contributed by atoms with E-state index < -0.39 is 42.3 Å². The summed E-state index contributed by atoms with van der Waals surface area (Å²) in [6.45, 7) is 3.08. The summed E-state index contributed by atoms with van der Waals surface area (Å²) in [7, 11) is -13.2. The molecule has 3 unspecified atom stereocenters. The van der Waals surface area contributed by atoms with Crippen molar-refractivity contribution in [2.24, 2.45) is 0 Å². The SMILES string of the molecule is CSS[C@H](C)OC1C[C@H](C)O[C@@H]1COP(=O)(O)OP(=O)(O)OP(=O)(O)O. The first-order valence-electron chi connectivity index (χ1n) is 7.02. The lowest BCUT2D eigenvalue weighted by Gasteiger charge is -2.23. The van der Waals surface area contributed by atoms with Crippen molar-refractivity contribution in [1.29, 1.82) is 0 Å². The van der Waals surface area contributed by atoms with Gasteiger partial charge < -0.3 is 29.0 Å². The van der Waals surface area contributed by atoms with Crippen LogP contribution in [-0.2, 0) is 36.3 Å². The van der Waals surface area contributed by atoms with Gasteiger partial charge in [-0.05, 0) is 20.1 Å². The molecule has 0 aromatic heterocycles. The second-order valence-corrected chi connectivity index (χ2v) is 12.3. The Morgan fingerprint density at radius 1 is 1.15 bits per heavy atom. The van der Waals surface area contributed by atoms with E-state index in [0.29, 0.717) is 6.42 Å². The lowest BCUT2D eigenvalue weighted by Crippen LogP contribution is -2.30. The molecule has 17 heteroatoms. The van der Waals surface area contributed by atoms with Gasteiger partial charge in [-0.15, -0.1) is 0 Å². The number of hydrogen-bond acceptors (Lipinski definition) is 10. The van der Waals surface area contributed by atoms with Crippen molar-refractivity contribution in [3.05, 3.63) is 0 Å². The summed E-state index contributed by atoms with van der Waals surface area (Å²) in [6.07, 6.45) is 0.974. The maximum atomic E-state index is 11.7. The smallest absolute Gasteiger partial charge is 0.370 e. The molecule has 6 atom stereocenters. The Kier molecular flexibility index (Phi) is 9.81. The van der Waals surface area contributed by atoms with Crippen molar-refractivity contribution >= 4 is 45.1 Å². The highest BCUT2D eigenvalue weighted by Crippen LogP contribution is 2.66. The molecule has 4 N–H and O–H groups in total. The van der Waals surface area contributed by atoms with E-state index in [0.717, 1.165) is 0 Å². The Labute approximate surface area is 158 Å². The third-order valence-corrected chi connectivity index (χ3v) is 8.57. The van der Waals surface area contributed by atoms with Gasteiger partial charge in [0.1, 0.15) is 11.5 Å². The molecule has 12 nitrogen and oxygen atoms in total. The van der Waals surface area contributed by atoms with E-state index in [-0.39, 0.29) is 11.5 Å². The zero-order valence-corrected chi connectivity index (χ0v) is 18.3. The molecule has 1 saturated heterocycles. The largest absolute Gasteiger partial charge is 0.490 e. The van der Waals surface area contributed by atoms with Crippen molar-refractivity contribution in [1.82, 2.24) is 0 Å². The van der Waals surface area contributed by atoms with Crippen LogP contribution in [0, 0.1) is 0 Å². The maximum Gasteiger partial charge on any atom is 0.490 e. The van der Waals surface area contributed by atoms with Crippen LogP contribution in [0.3, 0.4) is 0 Å². The third kappa shape index (κ3) is 9.99. The van der Waals surface area contributed by atoms with Gasteiger partial charge in [0.15, 0.2) is 0 Å². The minimum absolute atomic E-state index is 0.183. The van der Waals surface area contributed by atoms with Gasteiger partial charge in [-0.3, -0.25) is 4.52 Å². The molecule has 0 saturated carbocycles. The molecular weight excluding hydrogens is 457 g/mol. The van der Waals surface area contributed by atoms with Crippen LogP contribution >= 0.6 is 45.1 Å². The van der Waals surface area contributed by atoms with Crippen molar-refractivity contribution < 1.29 is 55.9 Å². The van der Waals surface area contributed by atoms with Gasteiger partial charge in [0, 0.05) is 6.42 Å². The van der Waals surface area contributed by atoms with Gasteiger partial charge in [-0.2, -0.15) is 8.62 Å². The molecule has 0 bridgehead atoms. The van der Waals surface area contributed by atoms with Crippen LogP contribution < -0.4 is 0 Å². The first-order valence-corrected chi connectivity index (χ1v) is 14.2. The van der Waals surface area contributed by atoms with Gasteiger partial charge in [-0.1, -0.05) is 21.6 Å². The van der Waals surface area contributed by atoms with Crippen LogP contribution in [0.4, 0.5) is 0 Å². The normalized spacial score (nSPS) is 29.9. The lowest BCUT2D eigenvalue weighted by molar-refractivity contribution is -0.0467. The average molecular weight is 478 g/mol. The first-order chi connectivity index (χ1) is 11.7. The van der Waals surface area contributed by atoms with E-state index in [9.17, 15) is 18.6 Å². The zero-order valence-electron chi connectivity index (χ0n) is 13.9. The van der Waals surface area contributed by atoms with E-state index in [4.69, 9.17) is 24.2 Å². The summed E-state index contributed by atoms with van der Waals surface area (Å²) in [4.78, 5) is 35.5. The summed E-state index contributed by atoms with van der Waals surface area (Å²) in [5.41, 5.74) is -0.183. The molecule has 1 heterocycles. The molecule has 0 aromatic rings. The molecule has 1 fully saturated rings. The highest BCUT2D eigenvalue weighted by atomic mass is 33.1. The van der Waals surface area contributed by atoms with Crippen molar-refractivity contribution in [3.63, 3.8) is 0 Å². The molecule has 0 aliphatic carbocycles. The molecular formula is C9H21O12P3S2. The van der Waals surface area contributed by atoms with Gasteiger partial charge in [0.05, 0.1) is 18.8 Å². The molecule has 1 aliphatic heterocycles. The standard InChI is InChI=1S/C9H21O12P3S2/c1-6-4-8(19-7(2)26-25-3)9(18-6)5-17-23(13,14)21-24(15,16)20-22(10,11)12/h6-9H,4-5H2,1-3H3,(H,13,14)(H,15,16)(H2,10,11,12)/t6-,7+,8?,9+/m0/s1. The summed E-state index contributed by atoms with van der Waals surface area (Å²) < 4.78 is 56.7. The Morgan fingerprint density at radius 2 is 1.77 bits per heavy atom. The quantitative estimate of drug-likeness (QED) is 0.193. The molecule has 26 heavy (non-hydrogen) atoms. The molecule has 156 valence electrons. The van der Waals surface area contributed by atoms with E-state index in [1.807, 2.05) is 13.2 Å². The molecule has 0 aromatic carbocycles. The van der Waals surface area contributed by atoms with E-state index in [1.165, 1.54) is 21.6 Å². The Bertz CT molecular complexity index is 598. The van der Waals surface area contributed by atoms with Crippen LogP contribution in [0.2, 0.25) is 0 Å². The molecule has 1 aliphatic rings. The molecule has 1 rings (SSSR count).